The lowest BCUT2D eigenvalue weighted by molar-refractivity contribution is -0.122. The highest BCUT2D eigenvalue weighted by Gasteiger charge is 2.29. The van der Waals surface area contributed by atoms with E-state index < -0.39 is 5.60 Å². The Morgan fingerprint density at radius 2 is 1.90 bits per heavy atom. The first-order valence-electron chi connectivity index (χ1n) is 7.84. The zero-order valence-corrected chi connectivity index (χ0v) is 13.2. The molecule has 2 fully saturated rings. The summed E-state index contributed by atoms with van der Waals surface area (Å²) in [6.45, 7) is 6.30. The van der Waals surface area contributed by atoms with Gasteiger partial charge in [-0.25, -0.2) is 4.79 Å². The van der Waals surface area contributed by atoms with Gasteiger partial charge in [0.05, 0.1) is 0 Å². The average Bonchev–Trinajstić information content (AvgIpc) is 2.77. The number of rotatable bonds is 3. The van der Waals surface area contributed by atoms with Crippen LogP contribution >= 0.6 is 0 Å². The molecule has 0 spiro atoms. The van der Waals surface area contributed by atoms with Crippen LogP contribution in [0.2, 0.25) is 0 Å². The van der Waals surface area contributed by atoms with Gasteiger partial charge >= 0.3 is 6.09 Å². The summed E-state index contributed by atoms with van der Waals surface area (Å²) in [7, 11) is 0. The number of hydrogen-bond donors (Lipinski definition) is 3. The van der Waals surface area contributed by atoms with Gasteiger partial charge < -0.3 is 20.7 Å². The molecule has 0 aromatic carbocycles. The van der Waals surface area contributed by atoms with Crippen molar-refractivity contribution < 1.29 is 14.3 Å². The van der Waals surface area contributed by atoms with Gasteiger partial charge in [0.15, 0.2) is 0 Å². The maximum Gasteiger partial charge on any atom is 0.407 e. The van der Waals surface area contributed by atoms with Crippen molar-refractivity contribution in [1.82, 2.24) is 16.0 Å². The Labute approximate surface area is 126 Å². The molecule has 1 saturated heterocycles. The van der Waals surface area contributed by atoms with Gasteiger partial charge in [0.2, 0.25) is 5.91 Å². The number of ether oxygens (including phenoxy) is 1. The Bertz CT molecular complexity index is 382. The summed E-state index contributed by atoms with van der Waals surface area (Å²) in [5.41, 5.74) is -0.458. The minimum absolute atomic E-state index is 0.143. The van der Waals surface area contributed by atoms with E-state index in [2.05, 4.69) is 16.0 Å². The number of piperidine rings is 1. The van der Waals surface area contributed by atoms with Gasteiger partial charge in [0, 0.05) is 31.1 Å². The molecule has 0 radical (unpaired) electrons. The van der Waals surface area contributed by atoms with Crippen LogP contribution in [0, 0.1) is 0 Å². The van der Waals surface area contributed by atoms with E-state index in [9.17, 15) is 9.59 Å². The van der Waals surface area contributed by atoms with E-state index in [1.807, 2.05) is 20.8 Å². The average molecular weight is 297 g/mol. The smallest absolute Gasteiger partial charge is 0.407 e. The molecule has 6 nitrogen and oxygen atoms in total. The summed E-state index contributed by atoms with van der Waals surface area (Å²) in [5, 5.41) is 9.41. The molecule has 1 aliphatic carbocycles. The molecule has 3 unspecified atom stereocenters. The molecule has 1 heterocycles. The molecular weight excluding hydrogens is 270 g/mol. The lowest BCUT2D eigenvalue weighted by Gasteiger charge is -2.27. The zero-order chi connectivity index (χ0) is 15.5. The predicted octanol–water partition coefficient (Wildman–Crippen LogP) is 1.30. The molecule has 6 heteroatoms. The van der Waals surface area contributed by atoms with Crippen LogP contribution in [0.1, 0.15) is 52.9 Å². The summed E-state index contributed by atoms with van der Waals surface area (Å²) in [6, 6.07) is 0.938. The molecule has 1 saturated carbocycles. The maximum absolute atomic E-state index is 11.7. The quantitative estimate of drug-likeness (QED) is 0.733. The summed E-state index contributed by atoms with van der Waals surface area (Å²) >= 11 is 0. The minimum atomic E-state index is -0.458. The Balaban J connectivity index is 1.68. The van der Waals surface area contributed by atoms with Crippen LogP contribution in [0.4, 0.5) is 4.79 Å². The summed E-state index contributed by atoms with van der Waals surface area (Å²) in [6.07, 6.45) is 4.10. The number of carbonyl (C=O) groups is 2. The monoisotopic (exact) mass is 297 g/mol. The van der Waals surface area contributed by atoms with Gasteiger partial charge in [0.1, 0.15) is 5.60 Å². The van der Waals surface area contributed by atoms with Gasteiger partial charge in [-0.3, -0.25) is 4.79 Å². The van der Waals surface area contributed by atoms with E-state index in [4.69, 9.17) is 4.74 Å². The fourth-order valence-electron chi connectivity index (χ4n) is 2.95. The van der Waals surface area contributed by atoms with Crippen LogP contribution in [-0.4, -0.2) is 42.3 Å². The summed E-state index contributed by atoms with van der Waals surface area (Å²) < 4.78 is 5.28. The molecule has 2 amide bonds. The highest BCUT2D eigenvalue weighted by molar-refractivity contribution is 5.76. The van der Waals surface area contributed by atoms with E-state index in [-0.39, 0.29) is 18.0 Å². The largest absolute Gasteiger partial charge is 0.444 e. The van der Waals surface area contributed by atoms with E-state index in [1.165, 1.54) is 0 Å². The second-order valence-electron chi connectivity index (χ2n) is 7.06. The van der Waals surface area contributed by atoms with Crippen molar-refractivity contribution in [2.24, 2.45) is 0 Å². The fourth-order valence-corrected chi connectivity index (χ4v) is 2.95. The number of amides is 2. The molecule has 0 bridgehead atoms. The number of hydrogen-bond acceptors (Lipinski definition) is 4. The van der Waals surface area contributed by atoms with Crippen molar-refractivity contribution in [3.8, 4) is 0 Å². The van der Waals surface area contributed by atoms with Gasteiger partial charge in [-0.2, -0.15) is 0 Å². The molecular formula is C15H27N3O3. The Hall–Kier alpha value is -1.30. The maximum atomic E-state index is 11.7. The first kappa shape index (κ1) is 16.1. The van der Waals surface area contributed by atoms with Crippen molar-refractivity contribution >= 4 is 12.0 Å². The second-order valence-corrected chi connectivity index (χ2v) is 7.06. The molecule has 3 N–H and O–H groups in total. The van der Waals surface area contributed by atoms with Crippen LogP contribution in [-0.2, 0) is 9.53 Å². The highest BCUT2D eigenvalue weighted by Crippen LogP contribution is 2.21. The third-order valence-corrected chi connectivity index (χ3v) is 3.89. The molecule has 0 aromatic heterocycles. The van der Waals surface area contributed by atoms with Crippen molar-refractivity contribution in [2.45, 2.75) is 76.6 Å². The van der Waals surface area contributed by atoms with Crippen molar-refractivity contribution in [1.29, 1.82) is 0 Å². The SMILES string of the molecule is CC(C)(C)OC(=O)NC1CCC(NC2CCC(=O)NC2)C1. The van der Waals surface area contributed by atoms with Crippen LogP contribution in [0.15, 0.2) is 0 Å². The van der Waals surface area contributed by atoms with E-state index in [0.29, 0.717) is 25.0 Å². The van der Waals surface area contributed by atoms with Gasteiger partial charge in [-0.05, 0) is 46.5 Å². The van der Waals surface area contributed by atoms with Gasteiger partial charge in [0.25, 0.3) is 0 Å². The number of nitrogens with one attached hydrogen (secondary N) is 3. The zero-order valence-electron chi connectivity index (χ0n) is 13.2. The Kier molecular flexibility index (Phi) is 5.08. The van der Waals surface area contributed by atoms with Crippen LogP contribution < -0.4 is 16.0 Å². The molecule has 1 aliphatic heterocycles. The van der Waals surface area contributed by atoms with E-state index in [1.54, 1.807) is 0 Å². The molecule has 2 aliphatic rings. The minimum Gasteiger partial charge on any atom is -0.444 e. The summed E-state index contributed by atoms with van der Waals surface area (Å²) in [4.78, 5) is 22.9. The second kappa shape index (κ2) is 6.64. The Morgan fingerprint density at radius 3 is 2.52 bits per heavy atom. The fraction of sp³-hybridized carbons (Fsp3) is 0.867. The highest BCUT2D eigenvalue weighted by atomic mass is 16.6. The number of alkyl carbamates (subject to hydrolysis) is 1. The number of carbonyl (C=O) groups excluding carboxylic acids is 2. The molecule has 120 valence electrons. The summed E-state index contributed by atoms with van der Waals surface area (Å²) in [5.74, 6) is 0.143. The molecule has 2 rings (SSSR count). The first-order chi connectivity index (χ1) is 9.82. The third-order valence-electron chi connectivity index (χ3n) is 3.89. The van der Waals surface area contributed by atoms with Gasteiger partial charge in [-0.1, -0.05) is 0 Å². The van der Waals surface area contributed by atoms with Crippen molar-refractivity contribution in [3.63, 3.8) is 0 Å². The molecule has 0 aromatic rings. The standard InChI is InChI=1S/C15H27N3O3/c1-15(2,3)21-14(20)18-11-5-4-10(8-11)17-12-6-7-13(19)16-9-12/h10-12,17H,4-9H2,1-3H3,(H,16,19)(H,18,20). The van der Waals surface area contributed by atoms with Crippen molar-refractivity contribution in [2.75, 3.05) is 6.54 Å². The predicted molar refractivity (Wildman–Crippen MR) is 80.0 cm³/mol. The molecule has 3 atom stereocenters. The van der Waals surface area contributed by atoms with Crippen LogP contribution in [0.25, 0.3) is 0 Å². The Morgan fingerprint density at radius 1 is 1.19 bits per heavy atom. The van der Waals surface area contributed by atoms with Crippen molar-refractivity contribution in [3.05, 3.63) is 0 Å². The van der Waals surface area contributed by atoms with E-state index >= 15 is 0 Å². The lowest BCUT2D eigenvalue weighted by atomic mass is 10.1. The van der Waals surface area contributed by atoms with Crippen LogP contribution in [0.5, 0.6) is 0 Å². The normalized spacial score (nSPS) is 29.9. The third kappa shape index (κ3) is 5.53. The molecule has 21 heavy (non-hydrogen) atoms. The first-order valence-corrected chi connectivity index (χ1v) is 7.84. The van der Waals surface area contributed by atoms with E-state index in [0.717, 1.165) is 25.7 Å². The van der Waals surface area contributed by atoms with Gasteiger partial charge in [-0.15, -0.1) is 0 Å². The topological polar surface area (TPSA) is 79.5 Å². The van der Waals surface area contributed by atoms with Crippen LogP contribution in [0.3, 0.4) is 0 Å². The lowest BCUT2D eigenvalue weighted by Crippen LogP contribution is -2.49.